The SMILES string of the molecule is CCOC(=O)Cc1cc(C(F)(F)F)nc(Cl)c1C(F)F. The van der Waals surface area contributed by atoms with Crippen LogP contribution in [0.3, 0.4) is 0 Å². The van der Waals surface area contributed by atoms with Gasteiger partial charge < -0.3 is 4.74 Å². The summed E-state index contributed by atoms with van der Waals surface area (Å²) in [5.74, 6) is -0.926. The van der Waals surface area contributed by atoms with Crippen molar-refractivity contribution >= 4 is 17.6 Å². The summed E-state index contributed by atoms with van der Waals surface area (Å²) < 4.78 is 67.7. The molecule has 0 aromatic carbocycles. The largest absolute Gasteiger partial charge is 0.466 e. The van der Waals surface area contributed by atoms with E-state index in [4.69, 9.17) is 11.6 Å². The van der Waals surface area contributed by atoms with Gasteiger partial charge in [0.1, 0.15) is 10.8 Å². The predicted octanol–water partition coefficient (Wildman–Crippen LogP) is 3.80. The molecule has 0 saturated carbocycles. The maximum atomic E-state index is 12.8. The van der Waals surface area contributed by atoms with Gasteiger partial charge in [0.15, 0.2) is 0 Å². The number of alkyl halides is 5. The Kier molecular flexibility index (Phi) is 5.27. The molecule has 0 radical (unpaired) electrons. The second kappa shape index (κ2) is 6.34. The number of halogens is 6. The van der Waals surface area contributed by atoms with Crippen molar-refractivity contribution in [1.82, 2.24) is 4.98 Å². The van der Waals surface area contributed by atoms with E-state index in [9.17, 15) is 26.7 Å². The Hall–Kier alpha value is -1.44. The average Bonchev–Trinajstić information content (AvgIpc) is 2.26. The smallest absolute Gasteiger partial charge is 0.433 e. The maximum absolute atomic E-state index is 12.8. The maximum Gasteiger partial charge on any atom is 0.433 e. The summed E-state index contributed by atoms with van der Waals surface area (Å²) in [6.07, 6.45) is -8.74. The Morgan fingerprint density at radius 3 is 2.50 bits per heavy atom. The molecule has 0 aliphatic rings. The molecule has 0 amide bonds. The van der Waals surface area contributed by atoms with Gasteiger partial charge in [-0.25, -0.2) is 13.8 Å². The number of carbonyl (C=O) groups excluding carboxylic acids is 1. The molecule has 0 aliphatic heterocycles. The number of nitrogens with zero attached hydrogens (tertiary/aromatic N) is 1. The zero-order chi connectivity index (χ0) is 15.5. The fourth-order valence-electron chi connectivity index (χ4n) is 1.46. The fraction of sp³-hybridized carbons (Fsp3) is 0.455. The second-order valence-electron chi connectivity index (χ2n) is 3.65. The minimum atomic E-state index is -4.85. The Morgan fingerprint density at radius 2 is 2.05 bits per heavy atom. The van der Waals surface area contributed by atoms with Crippen LogP contribution in [0.25, 0.3) is 0 Å². The highest BCUT2D eigenvalue weighted by atomic mass is 35.5. The Labute approximate surface area is 115 Å². The van der Waals surface area contributed by atoms with Gasteiger partial charge in [0.25, 0.3) is 6.43 Å². The van der Waals surface area contributed by atoms with Crippen LogP contribution in [0.1, 0.15) is 30.2 Å². The first kappa shape index (κ1) is 16.6. The molecular weight excluding hydrogens is 309 g/mol. The zero-order valence-corrected chi connectivity index (χ0v) is 10.9. The molecule has 0 bridgehead atoms. The van der Waals surface area contributed by atoms with Crippen molar-refractivity contribution in [3.8, 4) is 0 Å². The molecule has 3 nitrogen and oxygen atoms in total. The van der Waals surface area contributed by atoms with Crippen molar-refractivity contribution < 1.29 is 31.5 Å². The van der Waals surface area contributed by atoms with Crippen LogP contribution in [0, 0.1) is 0 Å². The number of hydrogen-bond donors (Lipinski definition) is 0. The molecule has 1 rings (SSSR count). The number of hydrogen-bond acceptors (Lipinski definition) is 3. The van der Waals surface area contributed by atoms with E-state index in [0.717, 1.165) is 0 Å². The standard InChI is InChI=1S/C11H9ClF5NO2/c1-2-20-7(19)4-5-3-6(11(15,16)17)18-9(12)8(5)10(13)14/h3,10H,2,4H2,1H3. The van der Waals surface area contributed by atoms with Crippen LogP contribution < -0.4 is 0 Å². The lowest BCUT2D eigenvalue weighted by atomic mass is 10.1. The molecule has 0 atom stereocenters. The van der Waals surface area contributed by atoms with Crippen molar-refractivity contribution in [2.45, 2.75) is 25.9 Å². The van der Waals surface area contributed by atoms with Gasteiger partial charge in [0.05, 0.1) is 18.6 Å². The molecule has 20 heavy (non-hydrogen) atoms. The highest BCUT2D eigenvalue weighted by Gasteiger charge is 2.35. The van der Waals surface area contributed by atoms with E-state index >= 15 is 0 Å². The van der Waals surface area contributed by atoms with Crippen molar-refractivity contribution in [3.63, 3.8) is 0 Å². The van der Waals surface area contributed by atoms with Gasteiger partial charge in [-0.1, -0.05) is 11.6 Å². The molecule has 9 heteroatoms. The number of rotatable bonds is 4. The van der Waals surface area contributed by atoms with Crippen LogP contribution in [0.15, 0.2) is 6.07 Å². The van der Waals surface area contributed by atoms with Crippen LogP contribution in [0.4, 0.5) is 22.0 Å². The first-order valence-electron chi connectivity index (χ1n) is 5.37. The summed E-state index contributed by atoms with van der Waals surface area (Å²) in [4.78, 5) is 14.1. The first-order valence-corrected chi connectivity index (χ1v) is 5.74. The van der Waals surface area contributed by atoms with Crippen LogP contribution in [0.2, 0.25) is 5.15 Å². The average molecular weight is 318 g/mol. The minimum absolute atomic E-state index is 0.0201. The van der Waals surface area contributed by atoms with Crippen LogP contribution in [-0.2, 0) is 22.1 Å². The minimum Gasteiger partial charge on any atom is -0.466 e. The van der Waals surface area contributed by atoms with E-state index in [1.807, 2.05) is 0 Å². The molecule has 0 unspecified atom stereocenters. The van der Waals surface area contributed by atoms with E-state index in [2.05, 4.69) is 9.72 Å². The van der Waals surface area contributed by atoms with Gasteiger partial charge in [-0.05, 0) is 18.6 Å². The highest BCUT2D eigenvalue weighted by Crippen LogP contribution is 2.35. The van der Waals surface area contributed by atoms with Crippen molar-refractivity contribution in [1.29, 1.82) is 0 Å². The summed E-state index contributed by atoms with van der Waals surface area (Å²) >= 11 is 5.35. The molecule has 0 N–H and O–H groups in total. The van der Waals surface area contributed by atoms with Crippen LogP contribution in [-0.4, -0.2) is 17.6 Å². The number of pyridine rings is 1. The normalized spacial score (nSPS) is 11.8. The quantitative estimate of drug-likeness (QED) is 0.482. The van der Waals surface area contributed by atoms with Gasteiger partial charge >= 0.3 is 12.1 Å². The Balaban J connectivity index is 3.29. The molecule has 1 heterocycles. The first-order chi connectivity index (χ1) is 9.16. The summed E-state index contributed by atoms with van der Waals surface area (Å²) in [6, 6.07) is 0.379. The fourth-order valence-corrected chi connectivity index (χ4v) is 1.76. The third-order valence-corrected chi connectivity index (χ3v) is 2.53. The molecular formula is C11H9ClF5NO2. The van der Waals surface area contributed by atoms with Crippen LogP contribution in [0.5, 0.6) is 0 Å². The van der Waals surface area contributed by atoms with E-state index in [1.54, 1.807) is 0 Å². The molecule has 0 saturated heterocycles. The van der Waals surface area contributed by atoms with Crippen molar-refractivity contribution in [3.05, 3.63) is 28.0 Å². The molecule has 1 aromatic heterocycles. The van der Waals surface area contributed by atoms with E-state index < -0.39 is 47.0 Å². The molecule has 1 aromatic rings. The predicted molar refractivity (Wildman–Crippen MR) is 59.5 cm³/mol. The number of aromatic nitrogens is 1. The highest BCUT2D eigenvalue weighted by molar-refractivity contribution is 6.30. The third-order valence-electron chi connectivity index (χ3n) is 2.25. The van der Waals surface area contributed by atoms with Gasteiger partial charge in [-0.3, -0.25) is 4.79 Å². The summed E-state index contributed by atoms with van der Waals surface area (Å²) in [7, 11) is 0. The monoisotopic (exact) mass is 317 g/mol. The van der Waals surface area contributed by atoms with E-state index in [0.29, 0.717) is 6.07 Å². The lowest BCUT2D eigenvalue weighted by molar-refractivity contribution is -0.143. The zero-order valence-electron chi connectivity index (χ0n) is 10.1. The summed E-state index contributed by atoms with van der Waals surface area (Å²) in [5, 5.41) is -0.978. The van der Waals surface area contributed by atoms with Crippen molar-refractivity contribution in [2.24, 2.45) is 0 Å². The van der Waals surface area contributed by atoms with Crippen LogP contribution >= 0.6 is 11.6 Å². The van der Waals surface area contributed by atoms with Gasteiger partial charge in [-0.2, -0.15) is 13.2 Å². The lowest BCUT2D eigenvalue weighted by Crippen LogP contribution is -2.14. The Bertz CT molecular complexity index is 504. The van der Waals surface area contributed by atoms with E-state index in [-0.39, 0.29) is 6.61 Å². The molecule has 112 valence electrons. The lowest BCUT2D eigenvalue weighted by Gasteiger charge is -2.13. The van der Waals surface area contributed by atoms with Gasteiger partial charge in [-0.15, -0.1) is 0 Å². The van der Waals surface area contributed by atoms with Crippen molar-refractivity contribution in [2.75, 3.05) is 6.61 Å². The molecule has 0 fully saturated rings. The second-order valence-corrected chi connectivity index (χ2v) is 4.01. The third kappa shape index (κ3) is 4.03. The summed E-state index contributed by atoms with van der Waals surface area (Å²) in [5.41, 5.74) is -2.88. The van der Waals surface area contributed by atoms with E-state index in [1.165, 1.54) is 6.92 Å². The summed E-state index contributed by atoms with van der Waals surface area (Å²) in [6.45, 7) is 1.46. The topological polar surface area (TPSA) is 39.2 Å². The Morgan fingerprint density at radius 1 is 1.45 bits per heavy atom. The van der Waals surface area contributed by atoms with Gasteiger partial charge in [0, 0.05) is 0 Å². The number of carbonyl (C=O) groups is 1. The van der Waals surface area contributed by atoms with Gasteiger partial charge in [0.2, 0.25) is 0 Å². The molecule has 0 spiro atoms. The molecule has 0 aliphatic carbocycles. The number of ether oxygens (including phenoxy) is 1. The number of esters is 1.